The summed E-state index contributed by atoms with van der Waals surface area (Å²) < 4.78 is 0.946. The predicted octanol–water partition coefficient (Wildman–Crippen LogP) is 5.49. The molecule has 1 unspecified atom stereocenters. The Kier molecular flexibility index (Phi) is 5.97. The van der Waals surface area contributed by atoms with Crippen LogP contribution >= 0.6 is 39.3 Å². The first kappa shape index (κ1) is 15.9. The van der Waals surface area contributed by atoms with E-state index in [1.54, 1.807) is 11.8 Å². The van der Waals surface area contributed by atoms with Crippen LogP contribution in [0.2, 0.25) is 5.02 Å². The Morgan fingerprint density at radius 3 is 2.50 bits per heavy atom. The zero-order valence-corrected chi connectivity index (χ0v) is 14.3. The minimum atomic E-state index is -0.533. The number of aliphatic hydroxyl groups excluding tert-OH is 1. The molecule has 0 saturated carbocycles. The van der Waals surface area contributed by atoms with Crippen LogP contribution in [0.3, 0.4) is 0 Å². The van der Waals surface area contributed by atoms with Gasteiger partial charge in [0, 0.05) is 20.8 Å². The maximum Gasteiger partial charge on any atom is 0.0830 e. The zero-order valence-electron chi connectivity index (χ0n) is 11.1. The Morgan fingerprint density at radius 2 is 1.90 bits per heavy atom. The Hall–Kier alpha value is -0.480. The van der Waals surface area contributed by atoms with Crippen molar-refractivity contribution < 1.29 is 5.11 Å². The number of thioether (sulfide) groups is 1. The molecule has 2 aromatic carbocycles. The van der Waals surface area contributed by atoms with Crippen LogP contribution in [0.1, 0.15) is 24.2 Å². The van der Waals surface area contributed by atoms with E-state index in [9.17, 15) is 5.11 Å². The smallest absolute Gasteiger partial charge is 0.0830 e. The van der Waals surface area contributed by atoms with Gasteiger partial charge in [-0.05, 0) is 41.1 Å². The Bertz CT molecular complexity index is 571. The first-order chi connectivity index (χ1) is 9.60. The standard InChI is InChI=1S/C16H16BrClOS/c1-2-20-14-7-4-11(5-8-14)16(19)9-12-3-6-13(17)10-15(12)18/h3-8,10,16,19H,2,9H2,1H3. The van der Waals surface area contributed by atoms with Gasteiger partial charge in [0.15, 0.2) is 0 Å². The molecule has 1 atom stereocenters. The minimum Gasteiger partial charge on any atom is -0.388 e. The Balaban J connectivity index is 2.09. The molecular weight excluding hydrogens is 356 g/mol. The van der Waals surface area contributed by atoms with Gasteiger partial charge in [-0.2, -0.15) is 0 Å². The van der Waals surface area contributed by atoms with E-state index >= 15 is 0 Å². The SMILES string of the molecule is CCSc1ccc(C(O)Cc2ccc(Br)cc2Cl)cc1. The highest BCUT2D eigenvalue weighted by atomic mass is 79.9. The lowest BCUT2D eigenvalue weighted by Gasteiger charge is -2.13. The fourth-order valence-corrected chi connectivity index (χ4v) is 3.38. The third-order valence-corrected chi connectivity index (χ3v) is 4.74. The molecule has 1 nitrogen and oxygen atoms in total. The summed E-state index contributed by atoms with van der Waals surface area (Å²) in [6, 6.07) is 13.8. The summed E-state index contributed by atoms with van der Waals surface area (Å²) in [7, 11) is 0. The maximum absolute atomic E-state index is 10.3. The van der Waals surface area contributed by atoms with Crippen LogP contribution in [0.5, 0.6) is 0 Å². The molecule has 0 spiro atoms. The lowest BCUT2D eigenvalue weighted by atomic mass is 10.0. The van der Waals surface area contributed by atoms with Crippen molar-refractivity contribution in [2.75, 3.05) is 5.75 Å². The van der Waals surface area contributed by atoms with Crippen LogP contribution in [0.15, 0.2) is 51.8 Å². The van der Waals surface area contributed by atoms with Gasteiger partial charge in [0.25, 0.3) is 0 Å². The molecule has 0 aliphatic carbocycles. The fourth-order valence-electron chi connectivity index (χ4n) is 1.97. The van der Waals surface area contributed by atoms with Gasteiger partial charge in [0.2, 0.25) is 0 Å². The molecule has 0 aliphatic heterocycles. The molecule has 0 bridgehead atoms. The molecule has 0 amide bonds. The highest BCUT2D eigenvalue weighted by Crippen LogP contribution is 2.27. The van der Waals surface area contributed by atoms with Gasteiger partial charge in [-0.3, -0.25) is 0 Å². The summed E-state index contributed by atoms with van der Waals surface area (Å²) in [5, 5.41) is 11.0. The monoisotopic (exact) mass is 370 g/mol. The average Bonchev–Trinajstić information content (AvgIpc) is 2.43. The van der Waals surface area contributed by atoms with Crippen LogP contribution in [0.25, 0.3) is 0 Å². The van der Waals surface area contributed by atoms with Crippen LogP contribution in [-0.4, -0.2) is 10.9 Å². The number of rotatable bonds is 5. The molecular formula is C16H16BrClOS. The molecule has 0 radical (unpaired) electrons. The van der Waals surface area contributed by atoms with E-state index in [1.807, 2.05) is 30.3 Å². The van der Waals surface area contributed by atoms with E-state index in [-0.39, 0.29) is 0 Å². The Morgan fingerprint density at radius 1 is 1.20 bits per heavy atom. The fraction of sp³-hybridized carbons (Fsp3) is 0.250. The summed E-state index contributed by atoms with van der Waals surface area (Å²) in [6.45, 7) is 2.13. The molecule has 20 heavy (non-hydrogen) atoms. The summed E-state index contributed by atoms with van der Waals surface area (Å²) in [4.78, 5) is 1.23. The van der Waals surface area contributed by atoms with Crippen LogP contribution in [-0.2, 0) is 6.42 Å². The predicted molar refractivity (Wildman–Crippen MR) is 90.7 cm³/mol. The van der Waals surface area contributed by atoms with Crippen LogP contribution in [0.4, 0.5) is 0 Å². The van der Waals surface area contributed by atoms with Crippen molar-refractivity contribution in [3.8, 4) is 0 Å². The minimum absolute atomic E-state index is 0.520. The third-order valence-electron chi connectivity index (χ3n) is 3.00. The molecule has 0 aromatic heterocycles. The number of hydrogen-bond donors (Lipinski definition) is 1. The van der Waals surface area contributed by atoms with E-state index < -0.39 is 6.10 Å². The Labute approximate surface area is 137 Å². The molecule has 1 N–H and O–H groups in total. The highest BCUT2D eigenvalue weighted by molar-refractivity contribution is 9.10. The van der Waals surface area contributed by atoms with E-state index in [0.29, 0.717) is 11.4 Å². The number of hydrogen-bond acceptors (Lipinski definition) is 2. The van der Waals surface area contributed by atoms with Crippen molar-refractivity contribution in [3.63, 3.8) is 0 Å². The molecule has 4 heteroatoms. The van der Waals surface area contributed by atoms with E-state index in [2.05, 4.69) is 35.0 Å². The summed E-state index contributed by atoms with van der Waals surface area (Å²) >= 11 is 11.4. The molecule has 0 aliphatic rings. The second-order valence-electron chi connectivity index (χ2n) is 4.46. The van der Waals surface area contributed by atoms with Crippen molar-refractivity contribution in [1.29, 1.82) is 0 Å². The van der Waals surface area contributed by atoms with Gasteiger partial charge in [-0.25, -0.2) is 0 Å². The molecule has 0 saturated heterocycles. The first-order valence-corrected chi connectivity index (χ1v) is 8.60. The first-order valence-electron chi connectivity index (χ1n) is 6.45. The van der Waals surface area contributed by atoms with Crippen molar-refractivity contribution in [3.05, 3.63) is 63.1 Å². The lowest BCUT2D eigenvalue weighted by Crippen LogP contribution is -2.02. The van der Waals surface area contributed by atoms with Gasteiger partial charge >= 0.3 is 0 Å². The quantitative estimate of drug-likeness (QED) is 0.701. The van der Waals surface area contributed by atoms with Crippen molar-refractivity contribution in [2.24, 2.45) is 0 Å². The molecule has 106 valence electrons. The van der Waals surface area contributed by atoms with Crippen molar-refractivity contribution >= 4 is 39.3 Å². The number of aliphatic hydroxyl groups is 1. The summed E-state index contributed by atoms with van der Waals surface area (Å²) in [5.41, 5.74) is 1.87. The van der Waals surface area contributed by atoms with Crippen molar-refractivity contribution in [1.82, 2.24) is 0 Å². The second-order valence-corrected chi connectivity index (χ2v) is 7.12. The third kappa shape index (κ3) is 4.26. The van der Waals surface area contributed by atoms with Gasteiger partial charge in [-0.15, -0.1) is 11.8 Å². The van der Waals surface area contributed by atoms with Gasteiger partial charge in [0.1, 0.15) is 0 Å². The molecule has 2 rings (SSSR count). The van der Waals surface area contributed by atoms with Gasteiger partial charge in [-0.1, -0.05) is 52.7 Å². The normalized spacial score (nSPS) is 12.4. The van der Waals surface area contributed by atoms with E-state index in [4.69, 9.17) is 11.6 Å². The van der Waals surface area contributed by atoms with E-state index in [0.717, 1.165) is 21.4 Å². The summed E-state index contributed by atoms with van der Waals surface area (Å²) in [6.07, 6.45) is -0.0128. The van der Waals surface area contributed by atoms with Gasteiger partial charge < -0.3 is 5.11 Å². The molecule has 2 aromatic rings. The molecule has 0 fully saturated rings. The topological polar surface area (TPSA) is 20.2 Å². The molecule has 0 heterocycles. The number of halogens is 2. The van der Waals surface area contributed by atoms with Crippen LogP contribution in [0, 0.1) is 0 Å². The highest BCUT2D eigenvalue weighted by Gasteiger charge is 2.11. The van der Waals surface area contributed by atoms with Crippen LogP contribution < -0.4 is 0 Å². The van der Waals surface area contributed by atoms with Crippen molar-refractivity contribution in [2.45, 2.75) is 24.3 Å². The average molecular weight is 372 g/mol. The number of benzene rings is 2. The van der Waals surface area contributed by atoms with Gasteiger partial charge in [0.05, 0.1) is 6.10 Å². The largest absolute Gasteiger partial charge is 0.388 e. The zero-order chi connectivity index (χ0) is 14.5. The maximum atomic E-state index is 10.3. The lowest BCUT2D eigenvalue weighted by molar-refractivity contribution is 0.178. The van der Waals surface area contributed by atoms with E-state index in [1.165, 1.54) is 4.90 Å². The summed E-state index contributed by atoms with van der Waals surface area (Å²) in [5.74, 6) is 1.05. The second kappa shape index (κ2) is 7.51.